The summed E-state index contributed by atoms with van der Waals surface area (Å²) in [6, 6.07) is -1.82. The first-order valence-electron chi connectivity index (χ1n) is 47.0. The number of H-pyrrole nitrogens is 1. The number of fused-ring (bicyclic) bond motifs is 5. The number of amides is 17. The Morgan fingerprint density at radius 2 is 1.09 bits per heavy atom. The molecule has 0 saturated carbocycles. The molecule has 1 unspecified atom stereocenters. The lowest BCUT2D eigenvalue weighted by Crippen LogP contribution is -2.62. The average Bonchev–Trinajstić information content (AvgIpc) is 1.20. The minimum absolute atomic E-state index is 0.000196. The first-order valence-corrected chi connectivity index (χ1v) is 48.1. The lowest BCUT2D eigenvalue weighted by molar-refractivity contribution is -0.149. The minimum Gasteiger partial charge on any atom is -0.508 e. The molecule has 5 aromatic rings. The molecule has 4 aliphatic rings. The van der Waals surface area contributed by atoms with Crippen molar-refractivity contribution in [2.75, 3.05) is 64.9 Å². The van der Waals surface area contributed by atoms with Gasteiger partial charge in [0.15, 0.2) is 0 Å². The van der Waals surface area contributed by atoms with Gasteiger partial charge >= 0.3 is 5.97 Å². The number of aliphatic carboxylic acids is 1. The SMILES string of the molecule is CCCC[C@H]1C(=O)N(C)[C@@H](CCCC)C(=O)N[C@@H](C(C)C(C)C)C(=O)N[C@H](C(=O)NCC(N)=O)CSCC(=O)N[C@@H](Cc2ccc(O)cc2)C(=O)N2CCCC[C@H]2C(=O)N[C@@H](CC(N)=O)C(=O)N2CCC[C@H]2C(=O)N[C@@H](CN)C(=O)N[C@@H](CC(C)C)C(=O)N2C[C@H](O)C[C@H]2C(=O)N[C@@H](Cc2c[nH]c3ccccc23)C(=O)N[C@@H](CCN)C(=O)N[C@@H](Cc2cn(CC(=O)O)c3ccccc23)C(=O)N1C. The third kappa shape index (κ3) is 29.2. The number of likely N-dealkylation sites (N-methyl/N-ethyl adjacent to an activating group) is 2. The topological polar surface area (TPSA) is 629 Å². The van der Waals surface area contributed by atoms with Gasteiger partial charge in [0.2, 0.25) is 100 Å². The van der Waals surface area contributed by atoms with Crippen LogP contribution >= 0.6 is 11.8 Å². The van der Waals surface area contributed by atoms with Crippen molar-refractivity contribution in [3.63, 3.8) is 0 Å². The predicted molar refractivity (Wildman–Crippen MR) is 506 cm³/mol. The van der Waals surface area contributed by atoms with Crippen molar-refractivity contribution in [2.45, 2.75) is 261 Å². The van der Waals surface area contributed by atoms with Gasteiger partial charge in [0.05, 0.1) is 24.8 Å². The molecule has 0 bridgehead atoms. The zero-order valence-corrected chi connectivity index (χ0v) is 80.0. The number of hydrogen-bond donors (Lipinski definition) is 18. The number of carbonyl (C=O) groups excluding carboxylic acids is 17. The Labute approximate surface area is 799 Å². The minimum atomic E-state index is -1.74. The van der Waals surface area contributed by atoms with E-state index in [1.54, 1.807) is 89.3 Å². The van der Waals surface area contributed by atoms with Gasteiger partial charge in [-0.1, -0.05) is 123 Å². The van der Waals surface area contributed by atoms with Crippen molar-refractivity contribution >= 4 is 140 Å². The molecular weight excluding hydrogens is 1790 g/mol. The number of aliphatic hydroxyl groups is 1. The average molecular weight is 1930 g/mol. The zero-order chi connectivity index (χ0) is 100. The summed E-state index contributed by atoms with van der Waals surface area (Å²) in [5.74, 6) is -19.2. The number of rotatable bonds is 26. The number of aromatic hydroxyl groups is 1. The third-order valence-corrected chi connectivity index (χ3v) is 26.7. The number of benzene rings is 3. The molecule has 0 radical (unpaired) electrons. The smallest absolute Gasteiger partial charge is 0.323 e. The number of aromatic amines is 1. The van der Waals surface area contributed by atoms with E-state index in [9.17, 15) is 58.5 Å². The van der Waals surface area contributed by atoms with Gasteiger partial charge in [-0.05, 0) is 123 Å². The largest absolute Gasteiger partial charge is 0.508 e. The van der Waals surface area contributed by atoms with E-state index in [0.29, 0.717) is 77.0 Å². The maximum Gasteiger partial charge on any atom is 0.323 e. The molecule has 3 aromatic carbocycles. The number of nitrogens with one attached hydrogen (secondary N) is 11. The summed E-state index contributed by atoms with van der Waals surface area (Å²) in [7, 11) is 2.71. The van der Waals surface area contributed by atoms with Gasteiger partial charge in [0, 0.05) is 106 Å². The fraction of sp³-hybridized carbons (Fsp3) is 0.574. The van der Waals surface area contributed by atoms with Crippen molar-refractivity contribution in [1.29, 1.82) is 0 Å². The molecule has 4 fully saturated rings. The summed E-state index contributed by atoms with van der Waals surface area (Å²) in [5.41, 5.74) is 26.1. The van der Waals surface area contributed by atoms with Crippen LogP contribution in [0.2, 0.25) is 0 Å². The molecule has 4 aliphatic heterocycles. The summed E-state index contributed by atoms with van der Waals surface area (Å²) >= 11 is 0.807. The van der Waals surface area contributed by atoms with E-state index in [-0.39, 0.29) is 108 Å². The monoisotopic (exact) mass is 1930 g/mol. The summed E-state index contributed by atoms with van der Waals surface area (Å²) in [4.78, 5) is 274. The van der Waals surface area contributed by atoms with E-state index in [0.717, 1.165) is 26.5 Å². The molecule has 0 aliphatic carbocycles. The number of nitrogens with two attached hydrogens (primary N) is 4. The molecule has 43 heteroatoms. The van der Waals surface area contributed by atoms with E-state index in [1.807, 2.05) is 13.8 Å². The lowest BCUT2D eigenvalue weighted by atomic mass is 9.89. The van der Waals surface area contributed by atoms with Crippen LogP contribution in [0.4, 0.5) is 0 Å². The number of piperidine rings is 1. The quantitative estimate of drug-likeness (QED) is 0.0301. The molecule has 16 atom stereocenters. The number of unbranched alkanes of at least 4 members (excludes halogenated alkanes) is 2. The van der Waals surface area contributed by atoms with Crippen LogP contribution in [0.25, 0.3) is 21.8 Å². The van der Waals surface area contributed by atoms with Gasteiger partial charge in [0.1, 0.15) is 96.9 Å². The Hall–Kier alpha value is -12.8. The molecule has 22 N–H and O–H groups in total. The number of phenols is 1. The van der Waals surface area contributed by atoms with Crippen LogP contribution < -0.4 is 76.1 Å². The number of para-hydroxylation sites is 2. The van der Waals surface area contributed by atoms with Crippen LogP contribution in [-0.4, -0.2) is 311 Å². The fourth-order valence-electron chi connectivity index (χ4n) is 17.9. The van der Waals surface area contributed by atoms with Crippen molar-refractivity contribution < 1.29 is 102 Å². The van der Waals surface area contributed by atoms with Crippen LogP contribution in [0, 0.1) is 17.8 Å². The highest BCUT2D eigenvalue weighted by Crippen LogP contribution is 2.30. The molecule has 2 aromatic heterocycles. The zero-order valence-electron chi connectivity index (χ0n) is 79.2. The number of phenolic OH excluding ortho intramolecular Hbond substituents is 1. The molecule has 9 rings (SSSR count). The Kier molecular flexibility index (Phi) is 40.1. The van der Waals surface area contributed by atoms with E-state index >= 15 is 43.2 Å². The molecule has 6 heterocycles. The number of thioether (sulfide) groups is 1. The number of aromatic nitrogens is 2. The summed E-state index contributed by atoms with van der Waals surface area (Å²) < 4.78 is 1.44. The number of primary amides is 2. The van der Waals surface area contributed by atoms with Crippen LogP contribution in [0.15, 0.2) is 85.2 Å². The van der Waals surface area contributed by atoms with Crippen molar-refractivity contribution in [1.82, 2.24) is 87.2 Å². The second-order valence-corrected chi connectivity index (χ2v) is 37.7. The number of aliphatic hydroxyl groups excluding tert-OH is 1. The Morgan fingerprint density at radius 3 is 1.73 bits per heavy atom. The Morgan fingerprint density at radius 1 is 0.540 bits per heavy atom. The van der Waals surface area contributed by atoms with Crippen LogP contribution in [0.3, 0.4) is 0 Å². The molecule has 17 amide bonds. The first-order chi connectivity index (χ1) is 65.2. The standard InChI is InChI=1S/C94H135N21O21S/c1-10-12-24-71-85(127)109-80(53(7)52(5)6)89(131)108-69(81(123)100-45-77(98)119)49-137-50-78(120)101-65(38-54-29-31-57(116)32-30-54)91(133)113-35-19-18-27-72(113)86(128)106-67(42-76(97)118)92(134)114-36-20-28-73(114)87(129)107-68(43-96)84(126)104-64(37-51(3)4)93(135)115-47-58(117)41-75(115)88(130)103-63(39-55-44-99-61-23-16-14-21-59(55)61)83(125)102-62(33-34-95)82(124)105-66(90(132)111(9)74(25-13-11-2)94(136)110(71)8)40-56-46-112(48-79(121)122)70-26-17-15-22-60(56)70/h14-17,21-23,26,29-32,44,46,51-53,58,62-69,71-75,80,99,116-117H,10-13,18-20,24-25,27-28,33-43,45,47-50,95-96H2,1-9H3,(H2,97,118)(H2,98,119)(H,100,123)(H,101,120)(H,102,125)(H,103,130)(H,104,126)(H,105,124)(H,106,128)(H,107,129)(H,108,131)(H,109,127)(H,121,122)/t53?,58-,62+,63+,64+,65+,66+,67+,68+,69+,71+,72+,73+,74+,75+,80+/m1/s1. The third-order valence-electron chi connectivity index (χ3n) is 25.7. The van der Waals surface area contributed by atoms with Gasteiger partial charge in [0.25, 0.3) is 0 Å². The summed E-state index contributed by atoms with van der Waals surface area (Å²) in [6.45, 7) is 9.69. The second kappa shape index (κ2) is 50.9. The molecule has 42 nitrogen and oxygen atoms in total. The van der Waals surface area contributed by atoms with Crippen LogP contribution in [0.5, 0.6) is 5.75 Å². The lowest BCUT2D eigenvalue weighted by Gasteiger charge is -2.38. The van der Waals surface area contributed by atoms with Gasteiger partial charge in [-0.25, -0.2) is 0 Å². The Bertz CT molecular complexity index is 5160. The number of carbonyl (C=O) groups is 18. The van der Waals surface area contributed by atoms with E-state index in [1.165, 1.54) is 58.9 Å². The number of carboxylic acid groups (broad SMARTS) is 1. The van der Waals surface area contributed by atoms with Crippen LogP contribution in [-0.2, 0) is 112 Å². The maximum atomic E-state index is 16.0. The molecular formula is C94H135N21O21S. The molecule has 0 spiro atoms. The van der Waals surface area contributed by atoms with E-state index in [2.05, 4.69) is 58.2 Å². The second-order valence-electron chi connectivity index (χ2n) is 36.6. The highest BCUT2D eigenvalue weighted by Gasteiger charge is 2.48. The number of carboxylic acids is 1. The normalized spacial score (nSPS) is 25.4. The number of nitrogens with zero attached hydrogens (tertiary/aromatic N) is 6. The Balaban J connectivity index is 1.12. The van der Waals surface area contributed by atoms with Crippen molar-refractivity contribution in [3.8, 4) is 5.75 Å². The van der Waals surface area contributed by atoms with Gasteiger partial charge in [-0.2, -0.15) is 0 Å². The van der Waals surface area contributed by atoms with E-state index < -0.39 is 247 Å². The van der Waals surface area contributed by atoms with Crippen molar-refractivity contribution in [2.24, 2.45) is 40.7 Å². The maximum absolute atomic E-state index is 16.0. The highest BCUT2D eigenvalue weighted by atomic mass is 32.2. The fourth-order valence-corrected chi connectivity index (χ4v) is 18.8. The molecule has 137 heavy (non-hydrogen) atoms. The van der Waals surface area contributed by atoms with Gasteiger partial charge in [-0.15, -0.1) is 11.8 Å². The van der Waals surface area contributed by atoms with Crippen molar-refractivity contribution in [3.05, 3.63) is 102 Å². The molecule has 748 valence electrons. The summed E-state index contributed by atoms with van der Waals surface area (Å²) in [6.07, 6.45) is 1.86. The van der Waals surface area contributed by atoms with Gasteiger partial charge < -0.3 is 125 Å². The molecule has 4 saturated heterocycles. The highest BCUT2D eigenvalue weighted by molar-refractivity contribution is 8.00. The summed E-state index contributed by atoms with van der Waals surface area (Å²) in [5, 5.41) is 60.0. The predicted octanol–water partition coefficient (Wildman–Crippen LogP) is -1.46. The van der Waals surface area contributed by atoms with Crippen LogP contribution in [0.1, 0.15) is 161 Å². The first kappa shape index (κ1) is 108. The van der Waals surface area contributed by atoms with E-state index in [4.69, 9.17) is 22.9 Å². The number of hydrogen-bond acceptors (Lipinski definition) is 23. The van der Waals surface area contributed by atoms with Gasteiger partial charge in [-0.3, -0.25) is 86.3 Å².